The third kappa shape index (κ3) is 4.54. The van der Waals surface area contributed by atoms with Gasteiger partial charge in [-0.2, -0.15) is 0 Å². The summed E-state index contributed by atoms with van der Waals surface area (Å²) < 4.78 is 10.7. The highest BCUT2D eigenvalue weighted by molar-refractivity contribution is 6.46. The molecule has 0 aliphatic carbocycles. The molecule has 1 aromatic carbocycles. The Bertz CT molecular complexity index is 988. The molecule has 1 aliphatic rings. The second kappa shape index (κ2) is 9.61. The maximum atomic E-state index is 13.0. The molecule has 1 amide bonds. The summed E-state index contributed by atoms with van der Waals surface area (Å²) in [6.07, 6.45) is 3.77. The minimum Gasteiger partial charge on any atom is -0.507 e. The van der Waals surface area contributed by atoms with Crippen molar-refractivity contribution in [3.63, 3.8) is 0 Å². The molecule has 1 aromatic heterocycles. The van der Waals surface area contributed by atoms with Crippen LogP contribution < -0.4 is 14.4 Å². The molecule has 2 N–H and O–H groups in total. The Morgan fingerprint density at radius 3 is 2.39 bits per heavy atom. The Labute approximate surface area is 181 Å². The number of rotatable bonds is 8. The van der Waals surface area contributed by atoms with Crippen molar-refractivity contribution >= 4 is 17.4 Å². The van der Waals surface area contributed by atoms with Gasteiger partial charge in [-0.15, -0.1) is 0 Å². The van der Waals surface area contributed by atoms with Gasteiger partial charge in [0, 0.05) is 30.9 Å². The summed E-state index contributed by atoms with van der Waals surface area (Å²) in [5.74, 6) is -0.530. The number of pyridine rings is 1. The molecular formula is C23H28N3O5+. The van der Waals surface area contributed by atoms with E-state index in [9.17, 15) is 14.7 Å². The number of ether oxygens (including phenoxy) is 2. The summed E-state index contributed by atoms with van der Waals surface area (Å²) in [4.78, 5) is 32.7. The molecule has 0 bridgehead atoms. The first kappa shape index (κ1) is 22.3. The van der Waals surface area contributed by atoms with Gasteiger partial charge in [-0.1, -0.05) is 6.07 Å². The number of nitrogens with zero attached hydrogens (tertiary/aromatic N) is 2. The third-order valence-electron chi connectivity index (χ3n) is 5.29. The number of hydrogen-bond acceptors (Lipinski definition) is 6. The van der Waals surface area contributed by atoms with Crippen LogP contribution in [0.4, 0.5) is 0 Å². The molecule has 1 fully saturated rings. The molecule has 2 aromatic rings. The van der Waals surface area contributed by atoms with Crippen LogP contribution >= 0.6 is 0 Å². The van der Waals surface area contributed by atoms with E-state index in [1.54, 1.807) is 30.3 Å². The summed E-state index contributed by atoms with van der Waals surface area (Å²) >= 11 is 0. The number of amides is 1. The second-order valence-electron chi connectivity index (χ2n) is 7.65. The van der Waals surface area contributed by atoms with Gasteiger partial charge in [0.2, 0.25) is 0 Å². The van der Waals surface area contributed by atoms with Gasteiger partial charge in [-0.25, -0.2) is 0 Å². The molecule has 0 saturated carbocycles. The number of methoxy groups -OCH3 is 2. The second-order valence-corrected chi connectivity index (χ2v) is 7.65. The van der Waals surface area contributed by atoms with Crippen LogP contribution in [0.3, 0.4) is 0 Å². The zero-order valence-electron chi connectivity index (χ0n) is 18.2. The number of hydrogen-bond donors (Lipinski definition) is 2. The largest absolute Gasteiger partial charge is 0.507 e. The van der Waals surface area contributed by atoms with E-state index < -0.39 is 17.7 Å². The van der Waals surface area contributed by atoms with Crippen molar-refractivity contribution in [1.82, 2.24) is 9.88 Å². The molecule has 164 valence electrons. The summed E-state index contributed by atoms with van der Waals surface area (Å²) in [5, 5.41) is 11.0. The first-order chi connectivity index (χ1) is 14.9. The normalized spacial score (nSPS) is 18.0. The van der Waals surface area contributed by atoms with E-state index in [2.05, 4.69) is 4.98 Å². The summed E-state index contributed by atoms with van der Waals surface area (Å²) in [6, 6.07) is 7.71. The number of carbonyl (C=O) groups is 2. The monoisotopic (exact) mass is 426 g/mol. The predicted molar refractivity (Wildman–Crippen MR) is 115 cm³/mol. The highest BCUT2D eigenvalue weighted by atomic mass is 16.5. The Morgan fingerprint density at radius 2 is 1.77 bits per heavy atom. The minimum atomic E-state index is -0.731. The van der Waals surface area contributed by atoms with Crippen LogP contribution in [0.2, 0.25) is 0 Å². The van der Waals surface area contributed by atoms with E-state index in [0.29, 0.717) is 35.6 Å². The van der Waals surface area contributed by atoms with Crippen molar-refractivity contribution < 1.29 is 29.1 Å². The summed E-state index contributed by atoms with van der Waals surface area (Å²) in [7, 11) is 7.12. The summed E-state index contributed by atoms with van der Waals surface area (Å²) in [6.45, 7) is 1.23. The van der Waals surface area contributed by atoms with Crippen molar-refractivity contribution in [3.05, 3.63) is 59.4 Å². The van der Waals surface area contributed by atoms with Crippen LogP contribution in [0.5, 0.6) is 11.5 Å². The van der Waals surface area contributed by atoms with Crippen LogP contribution in [0.1, 0.15) is 23.6 Å². The van der Waals surface area contributed by atoms with E-state index >= 15 is 0 Å². The molecule has 3 rings (SSSR count). The summed E-state index contributed by atoms with van der Waals surface area (Å²) in [5.41, 5.74) is 1.14. The molecule has 31 heavy (non-hydrogen) atoms. The maximum Gasteiger partial charge on any atom is 0.295 e. The SMILES string of the molecule is COc1ccc([C@H]2/C(=C(\O)c3ccncc3)C(=O)C(=O)N2CCC[NH+](C)C)cc1OC. The number of Topliss-reactive ketones (excluding diaryl/α,β-unsaturated/α-hetero) is 1. The minimum absolute atomic E-state index is 0.0561. The van der Waals surface area contributed by atoms with Crippen molar-refractivity contribution in [3.8, 4) is 11.5 Å². The molecule has 8 nitrogen and oxygen atoms in total. The lowest BCUT2D eigenvalue weighted by Gasteiger charge is -2.26. The predicted octanol–water partition coefficient (Wildman–Crippen LogP) is 1.06. The van der Waals surface area contributed by atoms with Gasteiger partial charge in [0.15, 0.2) is 11.5 Å². The van der Waals surface area contributed by atoms with Crippen molar-refractivity contribution in [2.75, 3.05) is 41.4 Å². The van der Waals surface area contributed by atoms with E-state index in [1.165, 1.54) is 36.4 Å². The number of aliphatic hydroxyl groups excluding tert-OH is 1. The van der Waals surface area contributed by atoms with Gasteiger partial charge >= 0.3 is 0 Å². The first-order valence-corrected chi connectivity index (χ1v) is 10.1. The molecule has 1 atom stereocenters. The van der Waals surface area contributed by atoms with Gasteiger partial charge in [0.25, 0.3) is 11.7 Å². The number of carbonyl (C=O) groups excluding carboxylic acids is 2. The molecule has 0 unspecified atom stereocenters. The maximum absolute atomic E-state index is 13.0. The van der Waals surface area contributed by atoms with E-state index in [4.69, 9.17) is 9.47 Å². The van der Waals surface area contributed by atoms with E-state index in [1.807, 2.05) is 14.1 Å². The Morgan fingerprint density at radius 1 is 1.10 bits per heavy atom. The number of likely N-dealkylation sites (tertiary alicyclic amines) is 1. The lowest BCUT2D eigenvalue weighted by atomic mass is 9.95. The Kier molecular flexibility index (Phi) is 6.91. The van der Waals surface area contributed by atoms with Crippen LogP contribution in [-0.2, 0) is 9.59 Å². The van der Waals surface area contributed by atoms with Gasteiger partial charge < -0.3 is 24.4 Å². The van der Waals surface area contributed by atoms with Crippen LogP contribution in [0.15, 0.2) is 48.3 Å². The number of benzene rings is 1. The number of nitrogens with one attached hydrogen (secondary N) is 1. The third-order valence-corrected chi connectivity index (χ3v) is 5.29. The molecule has 8 heteroatoms. The molecule has 0 radical (unpaired) electrons. The molecule has 2 heterocycles. The highest BCUT2D eigenvalue weighted by Crippen LogP contribution is 2.41. The van der Waals surface area contributed by atoms with Crippen LogP contribution in [0.25, 0.3) is 5.76 Å². The molecule has 1 saturated heterocycles. The lowest BCUT2D eigenvalue weighted by Crippen LogP contribution is -3.05. The first-order valence-electron chi connectivity index (χ1n) is 10.1. The van der Waals surface area contributed by atoms with Gasteiger partial charge in [0.05, 0.1) is 46.5 Å². The average molecular weight is 426 g/mol. The molecule has 1 aliphatic heterocycles. The van der Waals surface area contributed by atoms with Crippen molar-refractivity contribution in [2.24, 2.45) is 0 Å². The fourth-order valence-corrected chi connectivity index (χ4v) is 3.75. The zero-order chi connectivity index (χ0) is 22.5. The fourth-order valence-electron chi connectivity index (χ4n) is 3.75. The number of aromatic nitrogens is 1. The Balaban J connectivity index is 2.13. The molecule has 0 spiro atoms. The standard InChI is InChI=1S/C23H27N3O5/c1-25(2)12-5-13-26-20(16-6-7-17(30-3)18(14-16)31-4)19(22(28)23(26)29)21(27)15-8-10-24-11-9-15/h6-11,14,20,27H,5,12-13H2,1-4H3/p+1/b21-19+/t20-/m0/s1. The zero-order valence-corrected chi connectivity index (χ0v) is 18.2. The average Bonchev–Trinajstić information content (AvgIpc) is 3.03. The van der Waals surface area contributed by atoms with Crippen molar-refractivity contribution in [1.29, 1.82) is 0 Å². The lowest BCUT2D eigenvalue weighted by molar-refractivity contribution is -0.858. The Hall–Kier alpha value is -3.39. The number of quaternary nitrogens is 1. The van der Waals surface area contributed by atoms with Gasteiger partial charge in [0.1, 0.15) is 5.76 Å². The fraction of sp³-hybridized carbons (Fsp3) is 0.348. The molecular weight excluding hydrogens is 398 g/mol. The quantitative estimate of drug-likeness (QED) is 0.372. The number of aliphatic hydroxyl groups is 1. The van der Waals surface area contributed by atoms with Gasteiger partial charge in [-0.05, 0) is 29.8 Å². The highest BCUT2D eigenvalue weighted by Gasteiger charge is 2.46. The van der Waals surface area contributed by atoms with Crippen LogP contribution in [0, 0.1) is 0 Å². The topological polar surface area (TPSA) is 93.4 Å². The van der Waals surface area contributed by atoms with Gasteiger partial charge in [-0.3, -0.25) is 14.6 Å². The van der Waals surface area contributed by atoms with Crippen LogP contribution in [-0.4, -0.2) is 68.1 Å². The number of ketones is 1. The van der Waals surface area contributed by atoms with E-state index in [0.717, 1.165) is 6.54 Å². The van der Waals surface area contributed by atoms with E-state index in [-0.39, 0.29) is 11.3 Å². The van der Waals surface area contributed by atoms with Crippen molar-refractivity contribution in [2.45, 2.75) is 12.5 Å². The smallest absolute Gasteiger partial charge is 0.295 e.